The van der Waals surface area contributed by atoms with Crippen LogP contribution in [0.4, 0.5) is 5.95 Å². The number of nitrogens with zero attached hydrogens (tertiary/aromatic N) is 3. The summed E-state index contributed by atoms with van der Waals surface area (Å²) in [6.45, 7) is -0.217. The Kier molecular flexibility index (Phi) is 2.25. The van der Waals surface area contributed by atoms with Crippen molar-refractivity contribution in [2.45, 2.75) is 13.2 Å². The van der Waals surface area contributed by atoms with Gasteiger partial charge in [-0.05, 0) is 23.3 Å². The summed E-state index contributed by atoms with van der Waals surface area (Å²) < 4.78 is 2.70. The zero-order valence-corrected chi connectivity index (χ0v) is 9.61. The number of nitrogens with two attached hydrogens (primary N) is 1. The molecule has 0 amide bonds. The number of aliphatic hydroxyl groups is 2. The van der Waals surface area contributed by atoms with Gasteiger partial charge >= 0.3 is 0 Å². The van der Waals surface area contributed by atoms with E-state index in [0.717, 1.165) is 15.8 Å². The number of hydrogen-bond donors (Lipinski definition) is 3. The maximum atomic E-state index is 9.26. The lowest BCUT2D eigenvalue weighted by atomic mass is 10.1. The fourth-order valence-electron chi connectivity index (χ4n) is 1.88. The summed E-state index contributed by atoms with van der Waals surface area (Å²) in [6.07, 6.45) is 0. The first-order valence-corrected chi connectivity index (χ1v) is 5.83. The minimum Gasteiger partial charge on any atom is -0.392 e. The van der Waals surface area contributed by atoms with Gasteiger partial charge in [-0.15, -0.1) is 10.2 Å². The van der Waals surface area contributed by atoms with Gasteiger partial charge in [-0.25, -0.2) is 0 Å². The molecular weight excluding hydrogens is 240 g/mol. The molecule has 0 atom stereocenters. The predicted octanol–water partition coefficient (Wildman–Crippen LogP) is 0.511. The molecule has 0 fully saturated rings. The number of thiazole rings is 1. The van der Waals surface area contributed by atoms with Crippen LogP contribution in [0.5, 0.6) is 0 Å². The minimum atomic E-state index is -0.120. The second kappa shape index (κ2) is 3.66. The molecule has 0 radical (unpaired) electrons. The third kappa shape index (κ3) is 1.40. The van der Waals surface area contributed by atoms with Crippen molar-refractivity contribution in [2.75, 3.05) is 5.73 Å². The van der Waals surface area contributed by atoms with Crippen molar-refractivity contribution in [1.29, 1.82) is 0 Å². The summed E-state index contributed by atoms with van der Waals surface area (Å²) in [5.74, 6) is 0.326. The number of nitrogen functional groups attached to an aromatic ring is 1. The Morgan fingerprint density at radius 2 is 1.88 bits per heavy atom. The molecule has 2 heterocycles. The first kappa shape index (κ1) is 10.5. The summed E-state index contributed by atoms with van der Waals surface area (Å²) in [7, 11) is 0. The highest BCUT2D eigenvalue weighted by Crippen LogP contribution is 2.29. The van der Waals surface area contributed by atoms with Crippen LogP contribution in [0.1, 0.15) is 11.1 Å². The minimum absolute atomic E-state index is 0.0974. The molecule has 0 saturated heterocycles. The van der Waals surface area contributed by atoms with Crippen molar-refractivity contribution in [3.8, 4) is 0 Å². The van der Waals surface area contributed by atoms with E-state index in [2.05, 4.69) is 10.2 Å². The van der Waals surface area contributed by atoms with Crippen LogP contribution >= 0.6 is 11.3 Å². The highest BCUT2D eigenvalue weighted by atomic mass is 32.1. The summed E-state index contributed by atoms with van der Waals surface area (Å²) in [5, 5.41) is 26.2. The van der Waals surface area contributed by atoms with Gasteiger partial charge in [0.2, 0.25) is 10.9 Å². The normalized spacial score (nSPS) is 11.6. The number of fused-ring (bicyclic) bond motifs is 3. The van der Waals surface area contributed by atoms with Crippen molar-refractivity contribution in [1.82, 2.24) is 14.6 Å². The Hall–Kier alpha value is -1.70. The smallest absolute Gasteiger partial charge is 0.227 e. The van der Waals surface area contributed by atoms with E-state index in [-0.39, 0.29) is 13.2 Å². The first-order chi connectivity index (χ1) is 8.24. The van der Waals surface area contributed by atoms with E-state index >= 15 is 0 Å². The van der Waals surface area contributed by atoms with E-state index in [0.29, 0.717) is 16.5 Å². The van der Waals surface area contributed by atoms with Crippen LogP contribution in [0.2, 0.25) is 0 Å². The zero-order valence-electron chi connectivity index (χ0n) is 8.79. The zero-order chi connectivity index (χ0) is 12.0. The fourth-order valence-corrected chi connectivity index (χ4v) is 2.89. The Morgan fingerprint density at radius 1 is 1.18 bits per heavy atom. The number of benzene rings is 1. The van der Waals surface area contributed by atoms with E-state index in [1.54, 1.807) is 4.40 Å². The molecule has 0 saturated carbocycles. The van der Waals surface area contributed by atoms with Crippen LogP contribution < -0.4 is 5.73 Å². The second-order valence-corrected chi connectivity index (χ2v) is 4.69. The molecule has 1 aromatic carbocycles. The van der Waals surface area contributed by atoms with Crippen LogP contribution in [-0.2, 0) is 13.2 Å². The summed E-state index contributed by atoms with van der Waals surface area (Å²) in [4.78, 5) is 0.705. The van der Waals surface area contributed by atoms with E-state index in [9.17, 15) is 10.2 Å². The second-order valence-electron chi connectivity index (χ2n) is 3.68. The molecule has 3 aromatic rings. The average Bonchev–Trinajstić information content (AvgIpc) is 2.87. The van der Waals surface area contributed by atoms with Gasteiger partial charge in [-0.2, -0.15) is 0 Å². The number of aromatic nitrogens is 3. The maximum absolute atomic E-state index is 9.26. The van der Waals surface area contributed by atoms with Gasteiger partial charge in [-0.3, -0.25) is 4.40 Å². The molecule has 7 heteroatoms. The summed E-state index contributed by atoms with van der Waals surface area (Å²) in [5.41, 5.74) is 7.99. The summed E-state index contributed by atoms with van der Waals surface area (Å²) >= 11 is 1.45. The van der Waals surface area contributed by atoms with E-state index < -0.39 is 0 Å². The highest BCUT2D eigenvalue weighted by Gasteiger charge is 2.12. The molecular formula is C10H10N4O2S. The third-order valence-corrected chi connectivity index (χ3v) is 3.72. The molecule has 4 N–H and O–H groups in total. The van der Waals surface area contributed by atoms with Crippen molar-refractivity contribution < 1.29 is 10.2 Å². The fraction of sp³-hybridized carbons (Fsp3) is 0.200. The van der Waals surface area contributed by atoms with Crippen molar-refractivity contribution in [2.24, 2.45) is 0 Å². The predicted molar refractivity (Wildman–Crippen MR) is 64.6 cm³/mol. The number of anilines is 1. The quantitative estimate of drug-likeness (QED) is 0.615. The number of rotatable bonds is 2. The molecule has 2 aromatic heterocycles. The Morgan fingerprint density at radius 3 is 2.59 bits per heavy atom. The largest absolute Gasteiger partial charge is 0.392 e. The molecule has 0 spiro atoms. The molecule has 17 heavy (non-hydrogen) atoms. The molecule has 0 aliphatic heterocycles. The van der Waals surface area contributed by atoms with Crippen LogP contribution in [0, 0.1) is 0 Å². The Labute approximate surface area is 99.9 Å². The van der Waals surface area contributed by atoms with Crippen LogP contribution in [0.15, 0.2) is 12.1 Å². The monoisotopic (exact) mass is 250 g/mol. The average molecular weight is 250 g/mol. The van der Waals surface area contributed by atoms with Gasteiger partial charge in [0.05, 0.1) is 23.4 Å². The van der Waals surface area contributed by atoms with E-state index in [1.807, 2.05) is 12.1 Å². The molecule has 0 aliphatic carbocycles. The van der Waals surface area contributed by atoms with Gasteiger partial charge in [-0.1, -0.05) is 11.3 Å². The number of hydrogen-bond acceptors (Lipinski definition) is 6. The van der Waals surface area contributed by atoms with Gasteiger partial charge in [0.15, 0.2) is 0 Å². The summed E-state index contributed by atoms with van der Waals surface area (Å²) in [6, 6.07) is 3.66. The van der Waals surface area contributed by atoms with Crippen LogP contribution in [0.3, 0.4) is 0 Å². The van der Waals surface area contributed by atoms with Gasteiger partial charge in [0.1, 0.15) is 0 Å². The first-order valence-electron chi connectivity index (χ1n) is 5.01. The topological polar surface area (TPSA) is 96.7 Å². The lowest BCUT2D eigenvalue weighted by molar-refractivity contribution is 0.260. The van der Waals surface area contributed by atoms with E-state index in [1.165, 1.54) is 11.3 Å². The van der Waals surface area contributed by atoms with Crippen LogP contribution in [0.25, 0.3) is 15.2 Å². The highest BCUT2D eigenvalue weighted by molar-refractivity contribution is 7.23. The molecule has 88 valence electrons. The van der Waals surface area contributed by atoms with Crippen molar-refractivity contribution in [3.05, 3.63) is 23.3 Å². The molecule has 0 unspecified atom stereocenters. The Bertz CT molecular complexity index is 703. The Balaban J connectivity index is 2.43. The maximum Gasteiger partial charge on any atom is 0.227 e. The molecule has 3 rings (SSSR count). The van der Waals surface area contributed by atoms with E-state index in [4.69, 9.17) is 5.73 Å². The number of aliphatic hydroxyl groups excluding tert-OH is 2. The SMILES string of the molecule is Nc1nnc2sc3cc(CO)c(CO)cc3n12. The van der Waals surface area contributed by atoms with Crippen LogP contribution in [-0.4, -0.2) is 24.8 Å². The lowest BCUT2D eigenvalue weighted by Crippen LogP contribution is -1.96. The van der Waals surface area contributed by atoms with Crippen molar-refractivity contribution in [3.63, 3.8) is 0 Å². The third-order valence-electron chi connectivity index (χ3n) is 2.72. The van der Waals surface area contributed by atoms with Gasteiger partial charge < -0.3 is 15.9 Å². The van der Waals surface area contributed by atoms with Gasteiger partial charge in [0, 0.05) is 0 Å². The lowest BCUT2D eigenvalue weighted by Gasteiger charge is -2.04. The molecule has 0 bridgehead atoms. The standard InChI is InChI=1S/C10H10N4O2S/c11-9-12-13-10-14(9)7-1-5(3-15)6(4-16)2-8(7)17-10/h1-2,15-16H,3-4H2,(H2,11,12). The molecule has 6 nitrogen and oxygen atoms in total. The van der Waals surface area contributed by atoms with Crippen molar-refractivity contribution >= 4 is 32.5 Å². The van der Waals surface area contributed by atoms with Gasteiger partial charge in [0.25, 0.3) is 0 Å². The molecule has 0 aliphatic rings.